The minimum atomic E-state index is 0.657. The van der Waals surface area contributed by atoms with Crippen molar-refractivity contribution in [3.05, 3.63) is 47.5 Å². The molecule has 23 heavy (non-hydrogen) atoms. The van der Waals surface area contributed by atoms with E-state index in [1.165, 1.54) is 0 Å². The van der Waals surface area contributed by atoms with Gasteiger partial charge in [-0.05, 0) is 42.5 Å². The van der Waals surface area contributed by atoms with Gasteiger partial charge in [0.25, 0.3) is 0 Å². The second-order valence-electron chi connectivity index (χ2n) is 5.51. The highest BCUT2D eigenvalue weighted by Gasteiger charge is 2.22. The summed E-state index contributed by atoms with van der Waals surface area (Å²) in [5.41, 5.74) is 3.15. The molecule has 3 aromatic rings. The van der Waals surface area contributed by atoms with E-state index in [-0.39, 0.29) is 0 Å². The van der Waals surface area contributed by atoms with Gasteiger partial charge in [-0.15, -0.1) is 11.3 Å². The summed E-state index contributed by atoms with van der Waals surface area (Å²) < 4.78 is 5.52. The number of hydrogen-bond acceptors (Lipinski definition) is 5. The van der Waals surface area contributed by atoms with E-state index in [1.54, 1.807) is 17.6 Å². The predicted molar refractivity (Wildman–Crippen MR) is 91.4 cm³/mol. The fraction of sp³-hybridized carbons (Fsp3) is 0.222. The first-order valence-electron chi connectivity index (χ1n) is 7.64. The highest BCUT2D eigenvalue weighted by atomic mass is 32.1. The van der Waals surface area contributed by atoms with Crippen molar-refractivity contribution in [1.29, 1.82) is 5.26 Å². The number of aromatic nitrogens is 1. The van der Waals surface area contributed by atoms with Gasteiger partial charge >= 0.3 is 0 Å². The molecule has 0 N–H and O–H groups in total. The Hall–Kier alpha value is -2.58. The van der Waals surface area contributed by atoms with E-state index >= 15 is 0 Å². The van der Waals surface area contributed by atoms with Crippen LogP contribution in [0.2, 0.25) is 0 Å². The first kappa shape index (κ1) is 14.0. The Morgan fingerprint density at radius 3 is 2.74 bits per heavy atom. The van der Waals surface area contributed by atoms with E-state index in [0.717, 1.165) is 53.6 Å². The van der Waals surface area contributed by atoms with Gasteiger partial charge in [0.2, 0.25) is 0 Å². The molecule has 4 rings (SSSR count). The molecule has 0 amide bonds. The smallest absolute Gasteiger partial charge is 0.152 e. The van der Waals surface area contributed by atoms with Crippen molar-refractivity contribution >= 4 is 17.0 Å². The third-order valence-electron chi connectivity index (χ3n) is 4.09. The number of hydrogen-bond donors (Lipinski definition) is 0. The Morgan fingerprint density at radius 2 is 2.09 bits per heavy atom. The Labute approximate surface area is 138 Å². The molecule has 0 aromatic carbocycles. The molecule has 3 aromatic heterocycles. The Bertz CT molecular complexity index is 841. The van der Waals surface area contributed by atoms with E-state index in [4.69, 9.17) is 9.40 Å². The van der Waals surface area contributed by atoms with Gasteiger partial charge in [0.1, 0.15) is 23.0 Å². The lowest BCUT2D eigenvalue weighted by atomic mass is 10.1. The molecule has 0 spiro atoms. The SMILES string of the molecule is N#Cc1c(N2CCCC2)cc(-c2ccco2)nc1-c1cccs1. The zero-order valence-electron chi connectivity index (χ0n) is 12.5. The van der Waals surface area contributed by atoms with Crippen LogP contribution in [-0.4, -0.2) is 18.1 Å². The summed E-state index contributed by atoms with van der Waals surface area (Å²) in [7, 11) is 0. The summed E-state index contributed by atoms with van der Waals surface area (Å²) in [6.07, 6.45) is 3.98. The Kier molecular flexibility index (Phi) is 3.60. The molecule has 0 atom stereocenters. The molecule has 0 saturated carbocycles. The highest BCUT2D eigenvalue weighted by molar-refractivity contribution is 7.13. The average Bonchev–Trinajstić information content (AvgIpc) is 3.37. The summed E-state index contributed by atoms with van der Waals surface area (Å²) in [6.45, 7) is 1.97. The van der Waals surface area contributed by atoms with Gasteiger partial charge in [-0.1, -0.05) is 6.07 Å². The summed E-state index contributed by atoms with van der Waals surface area (Å²) in [5.74, 6) is 0.729. The second-order valence-corrected chi connectivity index (χ2v) is 6.46. The number of pyridine rings is 1. The summed E-state index contributed by atoms with van der Waals surface area (Å²) in [6, 6.07) is 12.1. The van der Waals surface area contributed by atoms with E-state index in [1.807, 2.05) is 35.7 Å². The normalized spacial score (nSPS) is 14.1. The monoisotopic (exact) mass is 321 g/mol. The van der Waals surface area contributed by atoms with Crippen LogP contribution in [0.4, 0.5) is 5.69 Å². The van der Waals surface area contributed by atoms with Gasteiger partial charge in [-0.25, -0.2) is 4.98 Å². The lowest BCUT2D eigenvalue weighted by molar-refractivity contribution is 0.580. The number of thiophene rings is 1. The van der Waals surface area contributed by atoms with E-state index in [2.05, 4.69) is 11.0 Å². The lowest BCUT2D eigenvalue weighted by Crippen LogP contribution is -2.19. The van der Waals surface area contributed by atoms with E-state index < -0.39 is 0 Å². The lowest BCUT2D eigenvalue weighted by Gasteiger charge is -2.21. The van der Waals surface area contributed by atoms with Gasteiger partial charge in [0.15, 0.2) is 5.76 Å². The van der Waals surface area contributed by atoms with Gasteiger partial charge < -0.3 is 9.32 Å². The average molecular weight is 321 g/mol. The molecule has 1 fully saturated rings. The maximum atomic E-state index is 9.74. The van der Waals surface area contributed by atoms with Crippen LogP contribution >= 0.6 is 11.3 Å². The molecule has 0 radical (unpaired) electrons. The molecule has 5 heteroatoms. The molecule has 1 aliphatic rings. The molecular weight excluding hydrogens is 306 g/mol. The maximum Gasteiger partial charge on any atom is 0.152 e. The van der Waals surface area contributed by atoms with E-state index in [0.29, 0.717) is 5.56 Å². The Morgan fingerprint density at radius 1 is 1.22 bits per heavy atom. The van der Waals surface area contributed by atoms with Crippen LogP contribution in [0.5, 0.6) is 0 Å². The minimum Gasteiger partial charge on any atom is -0.463 e. The topological polar surface area (TPSA) is 53.1 Å². The van der Waals surface area contributed by atoms with E-state index in [9.17, 15) is 5.26 Å². The van der Waals surface area contributed by atoms with Gasteiger partial charge in [0, 0.05) is 13.1 Å². The first-order valence-corrected chi connectivity index (χ1v) is 8.52. The fourth-order valence-electron chi connectivity index (χ4n) is 2.99. The fourth-order valence-corrected chi connectivity index (χ4v) is 3.71. The van der Waals surface area contributed by atoms with Crippen LogP contribution in [-0.2, 0) is 0 Å². The van der Waals surface area contributed by atoms with Gasteiger partial charge in [0.05, 0.1) is 16.8 Å². The molecule has 0 unspecified atom stereocenters. The minimum absolute atomic E-state index is 0.657. The van der Waals surface area contributed by atoms with Crippen molar-refractivity contribution in [2.75, 3.05) is 18.0 Å². The van der Waals surface area contributed by atoms with Gasteiger partial charge in [-0.2, -0.15) is 5.26 Å². The second kappa shape index (κ2) is 5.90. The van der Waals surface area contributed by atoms with Crippen LogP contribution < -0.4 is 4.90 Å². The summed E-state index contributed by atoms with van der Waals surface area (Å²) in [5, 5.41) is 11.8. The molecule has 0 bridgehead atoms. The largest absolute Gasteiger partial charge is 0.463 e. The third kappa shape index (κ3) is 2.51. The van der Waals surface area contributed by atoms with Gasteiger partial charge in [-0.3, -0.25) is 0 Å². The number of rotatable bonds is 3. The standard InChI is InChI=1S/C18H15N3OS/c19-12-13-15(21-7-1-2-8-21)11-14(16-5-3-9-22-16)20-18(13)17-6-4-10-23-17/h3-6,9-11H,1-2,7-8H2. The van der Waals surface area contributed by atoms with Crippen molar-refractivity contribution in [2.24, 2.45) is 0 Å². The zero-order valence-corrected chi connectivity index (χ0v) is 13.3. The van der Waals surface area contributed by atoms with Crippen molar-refractivity contribution in [3.8, 4) is 28.1 Å². The zero-order chi connectivity index (χ0) is 15.6. The number of anilines is 1. The highest BCUT2D eigenvalue weighted by Crippen LogP contribution is 2.36. The quantitative estimate of drug-likeness (QED) is 0.710. The van der Waals surface area contributed by atoms with Crippen molar-refractivity contribution in [3.63, 3.8) is 0 Å². The number of furan rings is 1. The third-order valence-corrected chi connectivity index (χ3v) is 4.96. The molecule has 4 nitrogen and oxygen atoms in total. The van der Waals surface area contributed by atoms with Crippen LogP contribution in [0.1, 0.15) is 18.4 Å². The Balaban J connectivity index is 1.95. The molecule has 0 aliphatic carbocycles. The molecule has 4 heterocycles. The molecular formula is C18H15N3OS. The van der Waals surface area contributed by atoms with Crippen LogP contribution in [0.3, 0.4) is 0 Å². The van der Waals surface area contributed by atoms with Crippen molar-refractivity contribution in [1.82, 2.24) is 4.98 Å². The summed E-state index contributed by atoms with van der Waals surface area (Å²) >= 11 is 1.60. The van der Waals surface area contributed by atoms with Crippen LogP contribution in [0, 0.1) is 11.3 Å². The molecule has 1 aliphatic heterocycles. The maximum absolute atomic E-state index is 9.74. The number of nitriles is 1. The first-order chi connectivity index (χ1) is 11.4. The van der Waals surface area contributed by atoms with Crippen LogP contribution in [0.15, 0.2) is 46.4 Å². The number of nitrogens with zero attached hydrogens (tertiary/aromatic N) is 3. The van der Waals surface area contributed by atoms with Crippen molar-refractivity contribution in [2.45, 2.75) is 12.8 Å². The molecule has 114 valence electrons. The predicted octanol–water partition coefficient (Wildman–Crippen LogP) is 4.54. The molecule has 1 saturated heterocycles. The van der Waals surface area contributed by atoms with Crippen LogP contribution in [0.25, 0.3) is 22.0 Å². The summed E-state index contributed by atoms with van der Waals surface area (Å²) in [4.78, 5) is 8.02. The van der Waals surface area contributed by atoms with Crippen molar-refractivity contribution < 1.29 is 4.42 Å².